The molecule has 4 aromatic rings. The second-order valence-corrected chi connectivity index (χ2v) is 9.22. The van der Waals surface area contributed by atoms with Crippen LogP contribution in [0.2, 0.25) is 10.2 Å². The number of carbonyl (C=O) groups is 1. The zero-order valence-electron chi connectivity index (χ0n) is 16.0. The standard InChI is InChI=1S/C21H18Cl2N4O2S/c22-12-3-5-15-14(11-12)27-19-13(4-6-16(23)25-19)18(28)17(21(27)30-15)20(29)24-7-10-26-8-1-2-9-26/h3-6,11H,1-2,7-10H2,(H,24,29). The molecule has 1 aliphatic heterocycles. The molecule has 9 heteroatoms. The number of thiazole rings is 1. The van der Waals surface area contributed by atoms with Crippen molar-refractivity contribution in [3.8, 4) is 0 Å². The number of hydrogen-bond donors (Lipinski definition) is 1. The van der Waals surface area contributed by atoms with Crippen molar-refractivity contribution >= 4 is 66.5 Å². The zero-order valence-corrected chi connectivity index (χ0v) is 18.3. The number of halogens is 2. The molecule has 0 atom stereocenters. The van der Waals surface area contributed by atoms with Gasteiger partial charge >= 0.3 is 0 Å². The first-order valence-electron chi connectivity index (χ1n) is 9.76. The number of nitrogens with one attached hydrogen (secondary N) is 1. The van der Waals surface area contributed by atoms with E-state index in [1.54, 1.807) is 18.2 Å². The lowest BCUT2D eigenvalue weighted by molar-refractivity contribution is 0.0950. The van der Waals surface area contributed by atoms with Crippen molar-refractivity contribution in [2.75, 3.05) is 26.2 Å². The van der Waals surface area contributed by atoms with Gasteiger partial charge in [0.05, 0.1) is 15.6 Å². The lowest BCUT2D eigenvalue weighted by Crippen LogP contribution is -2.35. The molecule has 1 amide bonds. The number of nitrogens with zero attached hydrogens (tertiary/aromatic N) is 3. The van der Waals surface area contributed by atoms with Crippen LogP contribution in [0.4, 0.5) is 0 Å². The van der Waals surface area contributed by atoms with Crippen LogP contribution < -0.4 is 10.7 Å². The molecular formula is C21H18Cl2N4O2S. The lowest BCUT2D eigenvalue weighted by atomic mass is 10.1. The number of hydrogen-bond acceptors (Lipinski definition) is 5. The summed E-state index contributed by atoms with van der Waals surface area (Å²) >= 11 is 13.7. The molecule has 154 valence electrons. The fourth-order valence-corrected chi connectivity index (χ4v) is 5.48. The number of carbonyl (C=O) groups excluding carboxylic acids is 1. The normalized spacial score (nSPS) is 14.9. The van der Waals surface area contributed by atoms with E-state index in [9.17, 15) is 9.59 Å². The molecule has 0 aliphatic carbocycles. The minimum absolute atomic E-state index is 0.130. The van der Waals surface area contributed by atoms with Crippen molar-refractivity contribution < 1.29 is 4.79 Å². The van der Waals surface area contributed by atoms with Crippen molar-refractivity contribution in [1.29, 1.82) is 0 Å². The summed E-state index contributed by atoms with van der Waals surface area (Å²) in [5.74, 6) is -0.369. The van der Waals surface area contributed by atoms with Crippen molar-refractivity contribution in [2.24, 2.45) is 0 Å². The van der Waals surface area contributed by atoms with Gasteiger partial charge in [-0.15, -0.1) is 11.3 Å². The molecule has 0 spiro atoms. The van der Waals surface area contributed by atoms with Gasteiger partial charge in [-0.2, -0.15) is 0 Å². The maximum absolute atomic E-state index is 13.3. The zero-order chi connectivity index (χ0) is 20.8. The summed E-state index contributed by atoms with van der Waals surface area (Å²) in [5, 5.41) is 4.12. The summed E-state index contributed by atoms with van der Waals surface area (Å²) in [4.78, 5) is 33.6. The molecule has 0 saturated carbocycles. The predicted molar refractivity (Wildman–Crippen MR) is 122 cm³/mol. The third-order valence-corrected chi connectivity index (χ3v) is 7.04. The van der Waals surface area contributed by atoms with Crippen LogP contribution in [-0.2, 0) is 0 Å². The highest BCUT2D eigenvalue weighted by atomic mass is 35.5. The Morgan fingerprint density at radius 1 is 1.17 bits per heavy atom. The molecule has 1 fully saturated rings. The summed E-state index contributed by atoms with van der Waals surface area (Å²) in [6, 6.07) is 8.66. The van der Waals surface area contributed by atoms with Gasteiger partial charge in [-0.3, -0.25) is 14.0 Å². The second-order valence-electron chi connectivity index (χ2n) is 7.37. The fraction of sp³-hybridized carbons (Fsp3) is 0.286. The van der Waals surface area contributed by atoms with Crippen LogP contribution in [0.3, 0.4) is 0 Å². The Hall–Kier alpha value is -2.19. The van der Waals surface area contributed by atoms with E-state index >= 15 is 0 Å². The molecule has 0 radical (unpaired) electrons. The molecule has 1 aliphatic rings. The molecule has 30 heavy (non-hydrogen) atoms. The number of fused-ring (bicyclic) bond motifs is 5. The number of amides is 1. The average molecular weight is 461 g/mol. The summed E-state index contributed by atoms with van der Waals surface area (Å²) in [6.45, 7) is 3.39. The van der Waals surface area contributed by atoms with Gasteiger partial charge in [0.2, 0.25) is 5.43 Å². The van der Waals surface area contributed by atoms with Crippen LogP contribution in [0.15, 0.2) is 35.1 Å². The summed E-state index contributed by atoms with van der Waals surface area (Å²) in [6.07, 6.45) is 2.39. The molecule has 1 saturated heterocycles. The largest absolute Gasteiger partial charge is 0.351 e. The average Bonchev–Trinajstić information content (AvgIpc) is 3.35. The first kappa shape index (κ1) is 19.8. The summed E-state index contributed by atoms with van der Waals surface area (Å²) in [7, 11) is 0. The molecule has 4 heterocycles. The van der Waals surface area contributed by atoms with Crippen molar-refractivity contribution in [3.63, 3.8) is 0 Å². The first-order chi connectivity index (χ1) is 14.5. The number of rotatable bonds is 4. The van der Waals surface area contributed by atoms with Crippen LogP contribution in [0.5, 0.6) is 0 Å². The molecule has 0 bridgehead atoms. The van der Waals surface area contributed by atoms with E-state index < -0.39 is 0 Å². The van der Waals surface area contributed by atoms with Crippen LogP contribution in [0, 0.1) is 0 Å². The Balaban J connectivity index is 1.67. The van der Waals surface area contributed by atoms with Gasteiger partial charge in [0.1, 0.15) is 15.5 Å². The highest BCUT2D eigenvalue weighted by Crippen LogP contribution is 2.32. The summed E-state index contributed by atoms with van der Waals surface area (Å²) < 4.78 is 2.71. The Labute approximate surface area is 186 Å². The van der Waals surface area contributed by atoms with Gasteiger partial charge in [0.15, 0.2) is 5.65 Å². The Morgan fingerprint density at radius 2 is 1.97 bits per heavy atom. The lowest BCUT2D eigenvalue weighted by Gasteiger charge is -2.15. The molecular weight excluding hydrogens is 443 g/mol. The molecule has 0 unspecified atom stereocenters. The van der Waals surface area contributed by atoms with Gasteiger partial charge < -0.3 is 10.2 Å². The Morgan fingerprint density at radius 3 is 2.77 bits per heavy atom. The first-order valence-corrected chi connectivity index (χ1v) is 11.3. The SMILES string of the molecule is O=C(NCCN1CCCC1)c1c(=O)c2ccc(Cl)nc2n2c1sc1ccc(Cl)cc12. The second kappa shape index (κ2) is 7.81. The minimum atomic E-state index is -0.369. The van der Waals surface area contributed by atoms with Gasteiger partial charge in [0, 0.05) is 18.1 Å². The van der Waals surface area contributed by atoms with Gasteiger partial charge in [-0.05, 0) is 56.3 Å². The van der Waals surface area contributed by atoms with Gasteiger partial charge in [-0.1, -0.05) is 23.2 Å². The smallest absolute Gasteiger partial charge is 0.258 e. The maximum atomic E-state index is 13.3. The van der Waals surface area contributed by atoms with E-state index in [4.69, 9.17) is 23.2 Å². The third kappa shape index (κ3) is 3.36. The minimum Gasteiger partial charge on any atom is -0.351 e. The van der Waals surface area contributed by atoms with Crippen molar-refractivity contribution in [2.45, 2.75) is 12.8 Å². The van der Waals surface area contributed by atoms with Crippen molar-refractivity contribution in [3.05, 3.63) is 56.3 Å². The van der Waals surface area contributed by atoms with Crippen LogP contribution in [0.1, 0.15) is 23.2 Å². The number of likely N-dealkylation sites (tertiary alicyclic amines) is 1. The fourth-order valence-electron chi connectivity index (χ4n) is 4.01. The third-order valence-electron chi connectivity index (χ3n) is 5.45. The Kier molecular flexibility index (Phi) is 5.14. The molecule has 1 aromatic carbocycles. The van der Waals surface area contributed by atoms with E-state index in [2.05, 4.69) is 15.2 Å². The number of pyridine rings is 2. The van der Waals surface area contributed by atoms with E-state index in [0.29, 0.717) is 27.4 Å². The molecule has 5 rings (SSSR count). The molecule has 3 aromatic heterocycles. The van der Waals surface area contributed by atoms with Crippen LogP contribution in [0.25, 0.3) is 26.1 Å². The molecule has 6 nitrogen and oxygen atoms in total. The highest BCUT2D eigenvalue weighted by molar-refractivity contribution is 7.24. The number of benzene rings is 1. The van der Waals surface area contributed by atoms with E-state index in [-0.39, 0.29) is 22.1 Å². The van der Waals surface area contributed by atoms with Crippen LogP contribution >= 0.6 is 34.5 Å². The van der Waals surface area contributed by atoms with Gasteiger partial charge in [0.25, 0.3) is 5.91 Å². The maximum Gasteiger partial charge on any atom is 0.258 e. The quantitative estimate of drug-likeness (QED) is 0.463. The highest BCUT2D eigenvalue weighted by Gasteiger charge is 2.23. The Bertz CT molecular complexity index is 1360. The van der Waals surface area contributed by atoms with E-state index in [0.717, 1.165) is 29.9 Å². The van der Waals surface area contributed by atoms with E-state index in [1.165, 1.54) is 24.2 Å². The molecule has 1 N–H and O–H groups in total. The van der Waals surface area contributed by atoms with Crippen molar-refractivity contribution in [1.82, 2.24) is 19.6 Å². The predicted octanol–water partition coefficient (Wildman–Crippen LogP) is 4.19. The van der Waals surface area contributed by atoms with Gasteiger partial charge in [-0.25, -0.2) is 4.98 Å². The summed E-state index contributed by atoms with van der Waals surface area (Å²) in [5.41, 5.74) is 0.994. The topological polar surface area (TPSA) is 66.7 Å². The number of aromatic nitrogens is 2. The van der Waals surface area contributed by atoms with Crippen LogP contribution in [-0.4, -0.2) is 46.4 Å². The monoisotopic (exact) mass is 460 g/mol. The van der Waals surface area contributed by atoms with E-state index in [1.807, 2.05) is 16.5 Å².